The van der Waals surface area contributed by atoms with Gasteiger partial charge in [-0.1, -0.05) is 40.3 Å². The molecule has 1 saturated heterocycles. The van der Waals surface area contributed by atoms with E-state index in [1.165, 1.54) is 0 Å². The molecule has 3 aliphatic rings. The van der Waals surface area contributed by atoms with E-state index in [2.05, 4.69) is 34.3 Å². The number of hydrogen-bond acceptors (Lipinski definition) is 6. The third-order valence-electron chi connectivity index (χ3n) is 8.27. The van der Waals surface area contributed by atoms with Crippen LogP contribution in [0.15, 0.2) is 24.3 Å². The molecular weight excluding hydrogens is 424 g/mol. The van der Waals surface area contributed by atoms with Gasteiger partial charge in [-0.3, -0.25) is 0 Å². The minimum atomic E-state index is -2.09. The van der Waals surface area contributed by atoms with Crippen LogP contribution in [0.25, 0.3) is 0 Å². The normalized spacial score (nSPS) is 35.8. The molecule has 6 atom stereocenters. The SMILES string of the molecule is C=CCOC(=O)C1=C[C@@]2(C(=O)OCC)O[C@]1(C)[C@@H]1CC[C@@H](C)[C@H]1[C@H]2O[Si](CC)(CC)CC. The van der Waals surface area contributed by atoms with Gasteiger partial charge in [-0.05, 0) is 68.7 Å². The molecular formula is C25H40O6Si. The summed E-state index contributed by atoms with van der Waals surface area (Å²) in [5.41, 5.74) is -1.92. The predicted octanol–water partition coefficient (Wildman–Crippen LogP) is 4.80. The number of fused-ring (bicyclic) bond motifs is 4. The molecule has 0 aromatic carbocycles. The van der Waals surface area contributed by atoms with Crippen LogP contribution in [-0.2, 0) is 28.2 Å². The molecule has 1 saturated carbocycles. The maximum atomic E-state index is 13.5. The largest absolute Gasteiger partial charge is 0.464 e. The van der Waals surface area contributed by atoms with E-state index in [-0.39, 0.29) is 25.0 Å². The molecule has 0 spiro atoms. The number of ether oxygens (including phenoxy) is 3. The summed E-state index contributed by atoms with van der Waals surface area (Å²) in [7, 11) is -2.09. The van der Waals surface area contributed by atoms with Crippen LogP contribution in [0.2, 0.25) is 18.1 Å². The Morgan fingerprint density at radius 1 is 1.19 bits per heavy atom. The van der Waals surface area contributed by atoms with Crippen molar-refractivity contribution in [1.29, 1.82) is 0 Å². The summed E-state index contributed by atoms with van der Waals surface area (Å²) in [6.45, 7) is 16.5. The fourth-order valence-electron chi connectivity index (χ4n) is 6.24. The van der Waals surface area contributed by atoms with Gasteiger partial charge >= 0.3 is 11.9 Å². The van der Waals surface area contributed by atoms with Crippen molar-refractivity contribution in [2.24, 2.45) is 17.8 Å². The Bertz CT molecular complexity index is 766. The second kappa shape index (κ2) is 9.43. The lowest BCUT2D eigenvalue weighted by Crippen LogP contribution is -2.66. The van der Waals surface area contributed by atoms with Crippen LogP contribution in [0.1, 0.15) is 54.4 Å². The van der Waals surface area contributed by atoms with Gasteiger partial charge in [0.25, 0.3) is 0 Å². The highest BCUT2D eigenvalue weighted by Crippen LogP contribution is 2.61. The molecule has 0 aromatic rings. The first kappa shape index (κ1) is 25.2. The molecule has 2 fully saturated rings. The standard InChI is InChI=1S/C25H40O6Si/c1-8-15-29-22(26)19-16-25(23(27)28-9-2)21(30-32(10-3,11-4)12-5)20-17(6)13-14-18(20)24(19,7)31-25/h8,16-18,20-21H,1,9-15H2,2-7H3/t17-,18-,20-,21-,24-,25-/m1/s1. The van der Waals surface area contributed by atoms with Gasteiger partial charge < -0.3 is 18.6 Å². The Kier molecular flexibility index (Phi) is 7.42. The zero-order valence-corrected chi connectivity index (χ0v) is 21.6. The van der Waals surface area contributed by atoms with Gasteiger partial charge in [-0.2, -0.15) is 0 Å². The molecule has 0 aromatic heterocycles. The predicted molar refractivity (Wildman–Crippen MR) is 126 cm³/mol. The molecule has 1 aliphatic carbocycles. The molecule has 0 unspecified atom stereocenters. The number of carbonyl (C=O) groups is 2. The first-order valence-corrected chi connectivity index (χ1v) is 14.8. The number of hydrogen-bond donors (Lipinski definition) is 0. The minimum absolute atomic E-state index is 0.0763. The Morgan fingerprint density at radius 2 is 1.84 bits per heavy atom. The van der Waals surface area contributed by atoms with Crippen molar-refractivity contribution in [2.75, 3.05) is 13.2 Å². The van der Waals surface area contributed by atoms with Gasteiger partial charge in [0.15, 0.2) is 8.32 Å². The van der Waals surface area contributed by atoms with Gasteiger partial charge in [-0.15, -0.1) is 0 Å². The summed E-state index contributed by atoms with van der Waals surface area (Å²) >= 11 is 0. The van der Waals surface area contributed by atoms with Crippen molar-refractivity contribution in [2.45, 2.75) is 89.8 Å². The number of carbonyl (C=O) groups excluding carboxylic acids is 2. The summed E-state index contributed by atoms with van der Waals surface area (Å²) in [5, 5.41) is 0. The van der Waals surface area contributed by atoms with Crippen molar-refractivity contribution in [3.63, 3.8) is 0 Å². The molecule has 0 amide bonds. The summed E-state index contributed by atoms with van der Waals surface area (Å²) in [5.74, 6) is -0.381. The van der Waals surface area contributed by atoms with Crippen LogP contribution in [0, 0.1) is 17.8 Å². The average Bonchev–Trinajstić information content (AvgIpc) is 3.31. The number of rotatable bonds is 10. The average molecular weight is 465 g/mol. The van der Waals surface area contributed by atoms with Crippen molar-refractivity contribution < 1.29 is 28.2 Å². The topological polar surface area (TPSA) is 71.1 Å². The van der Waals surface area contributed by atoms with Gasteiger partial charge in [-0.25, -0.2) is 9.59 Å². The lowest BCUT2D eigenvalue weighted by atomic mass is 9.70. The number of esters is 2. The third kappa shape index (κ3) is 3.80. The van der Waals surface area contributed by atoms with Crippen LogP contribution in [0.5, 0.6) is 0 Å². The molecule has 3 rings (SSSR count). The second-order valence-electron chi connectivity index (χ2n) is 9.69. The van der Waals surface area contributed by atoms with E-state index < -0.39 is 37.6 Å². The molecule has 0 N–H and O–H groups in total. The van der Waals surface area contributed by atoms with Crippen LogP contribution < -0.4 is 0 Å². The van der Waals surface area contributed by atoms with E-state index in [1.54, 1.807) is 19.1 Å². The maximum absolute atomic E-state index is 13.5. The van der Waals surface area contributed by atoms with Crippen LogP contribution in [-0.4, -0.2) is 50.8 Å². The van der Waals surface area contributed by atoms with E-state index >= 15 is 0 Å². The highest BCUT2D eigenvalue weighted by molar-refractivity contribution is 6.73. The highest BCUT2D eigenvalue weighted by Gasteiger charge is 2.71. The Hall–Kier alpha value is -1.44. The Balaban J connectivity index is 2.17. The zero-order chi connectivity index (χ0) is 23.7. The maximum Gasteiger partial charge on any atom is 0.345 e. The van der Waals surface area contributed by atoms with Crippen LogP contribution in [0.3, 0.4) is 0 Å². The van der Waals surface area contributed by atoms with Crippen molar-refractivity contribution in [1.82, 2.24) is 0 Å². The van der Waals surface area contributed by atoms with Crippen molar-refractivity contribution in [3.8, 4) is 0 Å². The first-order valence-electron chi connectivity index (χ1n) is 12.2. The van der Waals surface area contributed by atoms with E-state index in [0.717, 1.165) is 31.0 Å². The molecule has 2 aliphatic heterocycles. The molecule has 0 radical (unpaired) electrons. The minimum Gasteiger partial charge on any atom is -0.464 e. The zero-order valence-electron chi connectivity index (χ0n) is 20.6. The first-order chi connectivity index (χ1) is 15.2. The smallest absolute Gasteiger partial charge is 0.345 e. The Morgan fingerprint density at radius 3 is 2.41 bits per heavy atom. The summed E-state index contributed by atoms with van der Waals surface area (Å²) < 4.78 is 24.7. The molecule has 2 bridgehead atoms. The quantitative estimate of drug-likeness (QED) is 0.263. The summed E-state index contributed by atoms with van der Waals surface area (Å²) in [6.07, 6.45) is 4.70. The van der Waals surface area contributed by atoms with E-state index in [1.807, 2.05) is 6.92 Å². The van der Waals surface area contributed by atoms with E-state index in [4.69, 9.17) is 18.6 Å². The lowest BCUT2D eigenvalue weighted by Gasteiger charge is -2.53. The monoisotopic (exact) mass is 464 g/mol. The molecule has 32 heavy (non-hydrogen) atoms. The van der Waals surface area contributed by atoms with Crippen molar-refractivity contribution in [3.05, 3.63) is 24.3 Å². The van der Waals surface area contributed by atoms with Gasteiger partial charge in [0.05, 0.1) is 18.3 Å². The van der Waals surface area contributed by atoms with E-state index in [9.17, 15) is 9.59 Å². The fourth-order valence-corrected chi connectivity index (χ4v) is 9.11. The summed E-state index contributed by atoms with van der Waals surface area (Å²) in [6, 6.07) is 2.91. The molecule has 7 heteroatoms. The third-order valence-corrected chi connectivity index (χ3v) is 12.9. The van der Waals surface area contributed by atoms with E-state index in [0.29, 0.717) is 11.5 Å². The van der Waals surface area contributed by atoms with Crippen LogP contribution in [0.4, 0.5) is 0 Å². The highest BCUT2D eigenvalue weighted by atomic mass is 28.4. The Labute approximate surface area is 193 Å². The molecule has 2 heterocycles. The fraction of sp³-hybridized carbons (Fsp3) is 0.760. The van der Waals surface area contributed by atoms with Gasteiger partial charge in [0.1, 0.15) is 12.2 Å². The lowest BCUT2D eigenvalue weighted by molar-refractivity contribution is -0.234. The summed E-state index contributed by atoms with van der Waals surface area (Å²) in [4.78, 5) is 26.6. The van der Waals surface area contributed by atoms with Crippen LogP contribution >= 0.6 is 0 Å². The van der Waals surface area contributed by atoms with Gasteiger partial charge in [0.2, 0.25) is 5.60 Å². The second-order valence-corrected chi connectivity index (χ2v) is 14.4. The van der Waals surface area contributed by atoms with Crippen molar-refractivity contribution >= 4 is 20.3 Å². The molecule has 180 valence electrons. The molecule has 6 nitrogen and oxygen atoms in total. The van der Waals surface area contributed by atoms with Gasteiger partial charge in [0, 0.05) is 0 Å².